The third kappa shape index (κ3) is 3.84. The van der Waals surface area contributed by atoms with Gasteiger partial charge in [0, 0.05) is 10.8 Å². The van der Waals surface area contributed by atoms with E-state index in [1.807, 2.05) is 24.3 Å². The Bertz CT molecular complexity index is 571. The van der Waals surface area contributed by atoms with Gasteiger partial charge in [0.15, 0.2) is 5.84 Å². The Kier molecular flexibility index (Phi) is 4.59. The highest BCUT2D eigenvalue weighted by Crippen LogP contribution is 2.21. The van der Waals surface area contributed by atoms with Gasteiger partial charge in [0.2, 0.25) is 0 Å². The average molecular weight is 295 g/mol. The summed E-state index contributed by atoms with van der Waals surface area (Å²) in [4.78, 5) is 8.24. The Morgan fingerprint density at radius 2 is 2.00 bits per heavy atom. The average Bonchev–Trinajstić information content (AvgIpc) is 2.46. The Morgan fingerprint density at radius 3 is 2.58 bits per heavy atom. The first-order valence-electron chi connectivity index (χ1n) is 5.36. The van der Waals surface area contributed by atoms with Gasteiger partial charge in [-0.3, -0.25) is 0 Å². The SMILES string of the molecule is N/C(=N/O)c1cnc(SCc2ccc(Cl)cc2)cn1. The maximum atomic E-state index is 8.51. The molecule has 2 rings (SSSR count). The van der Waals surface area contributed by atoms with Crippen molar-refractivity contribution in [3.05, 3.63) is 52.9 Å². The second-order valence-corrected chi connectivity index (χ2v) is 5.07. The molecule has 1 heterocycles. The van der Waals surface area contributed by atoms with E-state index in [1.165, 1.54) is 6.20 Å². The third-order valence-electron chi connectivity index (χ3n) is 2.30. The van der Waals surface area contributed by atoms with E-state index in [1.54, 1.807) is 18.0 Å². The molecule has 0 aliphatic heterocycles. The number of hydrogen-bond donors (Lipinski definition) is 2. The number of rotatable bonds is 4. The lowest BCUT2D eigenvalue weighted by Gasteiger charge is -2.02. The van der Waals surface area contributed by atoms with Gasteiger partial charge in [0.05, 0.1) is 12.4 Å². The van der Waals surface area contributed by atoms with Crippen LogP contribution in [0.15, 0.2) is 46.8 Å². The van der Waals surface area contributed by atoms with Crippen molar-refractivity contribution in [3.8, 4) is 0 Å². The minimum atomic E-state index is -0.0539. The van der Waals surface area contributed by atoms with Crippen LogP contribution < -0.4 is 5.73 Å². The Morgan fingerprint density at radius 1 is 1.26 bits per heavy atom. The molecule has 0 aliphatic carbocycles. The normalized spacial score (nSPS) is 11.5. The number of thioether (sulfide) groups is 1. The molecule has 0 spiro atoms. The summed E-state index contributed by atoms with van der Waals surface area (Å²) in [7, 11) is 0. The minimum Gasteiger partial charge on any atom is -0.409 e. The van der Waals surface area contributed by atoms with E-state index in [0.717, 1.165) is 21.4 Å². The summed E-state index contributed by atoms with van der Waals surface area (Å²) in [6.07, 6.45) is 3.06. The van der Waals surface area contributed by atoms with Gasteiger partial charge < -0.3 is 10.9 Å². The molecule has 0 saturated heterocycles. The van der Waals surface area contributed by atoms with Gasteiger partial charge in [-0.2, -0.15) is 0 Å². The number of oxime groups is 1. The summed E-state index contributed by atoms with van der Waals surface area (Å²) in [5.74, 6) is 0.719. The van der Waals surface area contributed by atoms with E-state index >= 15 is 0 Å². The van der Waals surface area contributed by atoms with Crippen LogP contribution in [0.2, 0.25) is 5.02 Å². The van der Waals surface area contributed by atoms with Gasteiger partial charge >= 0.3 is 0 Å². The van der Waals surface area contributed by atoms with Gasteiger partial charge in [-0.05, 0) is 17.7 Å². The smallest absolute Gasteiger partial charge is 0.190 e. The fourth-order valence-electron chi connectivity index (χ4n) is 1.31. The number of amidine groups is 1. The molecule has 0 fully saturated rings. The molecule has 0 aliphatic rings. The van der Waals surface area contributed by atoms with Crippen LogP contribution >= 0.6 is 23.4 Å². The molecule has 2 aromatic rings. The van der Waals surface area contributed by atoms with Gasteiger partial charge in [-0.25, -0.2) is 9.97 Å². The largest absolute Gasteiger partial charge is 0.409 e. The predicted molar refractivity (Wildman–Crippen MR) is 75.6 cm³/mol. The fraction of sp³-hybridized carbons (Fsp3) is 0.0833. The Balaban J connectivity index is 1.98. The van der Waals surface area contributed by atoms with Crippen molar-refractivity contribution in [1.29, 1.82) is 0 Å². The number of benzene rings is 1. The van der Waals surface area contributed by atoms with Crippen LogP contribution in [0.4, 0.5) is 0 Å². The first-order chi connectivity index (χ1) is 9.19. The summed E-state index contributed by atoms with van der Waals surface area (Å²) >= 11 is 7.36. The van der Waals surface area contributed by atoms with E-state index in [2.05, 4.69) is 15.1 Å². The lowest BCUT2D eigenvalue weighted by Crippen LogP contribution is -2.15. The van der Waals surface area contributed by atoms with E-state index in [9.17, 15) is 0 Å². The molecule has 5 nitrogen and oxygen atoms in total. The maximum Gasteiger partial charge on any atom is 0.190 e. The number of nitrogens with two attached hydrogens (primary N) is 1. The molecule has 7 heteroatoms. The van der Waals surface area contributed by atoms with E-state index in [-0.39, 0.29) is 5.84 Å². The number of aromatic nitrogens is 2. The van der Waals surface area contributed by atoms with Crippen molar-refractivity contribution in [1.82, 2.24) is 9.97 Å². The molecule has 0 radical (unpaired) electrons. The molecule has 1 aromatic heterocycles. The van der Waals surface area contributed by atoms with Crippen LogP contribution in [-0.4, -0.2) is 21.0 Å². The molecular weight excluding hydrogens is 284 g/mol. The van der Waals surface area contributed by atoms with Crippen LogP contribution in [0.3, 0.4) is 0 Å². The molecule has 0 atom stereocenters. The number of nitrogens with zero attached hydrogens (tertiary/aromatic N) is 3. The zero-order valence-corrected chi connectivity index (χ0v) is 11.4. The fourth-order valence-corrected chi connectivity index (χ4v) is 2.20. The molecule has 0 amide bonds. The second kappa shape index (κ2) is 6.40. The van der Waals surface area contributed by atoms with E-state index in [0.29, 0.717) is 5.69 Å². The lowest BCUT2D eigenvalue weighted by molar-refractivity contribution is 0.318. The monoisotopic (exact) mass is 294 g/mol. The maximum absolute atomic E-state index is 8.51. The zero-order valence-electron chi connectivity index (χ0n) is 9.82. The summed E-state index contributed by atoms with van der Waals surface area (Å²) < 4.78 is 0. The third-order valence-corrected chi connectivity index (χ3v) is 3.53. The Labute approximate surface area is 119 Å². The van der Waals surface area contributed by atoms with Gasteiger partial charge in [-0.1, -0.05) is 28.9 Å². The van der Waals surface area contributed by atoms with Crippen molar-refractivity contribution >= 4 is 29.2 Å². The van der Waals surface area contributed by atoms with E-state index < -0.39 is 0 Å². The second-order valence-electron chi connectivity index (χ2n) is 3.64. The van der Waals surface area contributed by atoms with Crippen molar-refractivity contribution in [3.63, 3.8) is 0 Å². The Hall–Kier alpha value is -1.79. The first kappa shape index (κ1) is 13.6. The van der Waals surface area contributed by atoms with Gasteiger partial charge in [0.1, 0.15) is 10.7 Å². The summed E-state index contributed by atoms with van der Waals surface area (Å²) in [6.45, 7) is 0. The molecule has 0 bridgehead atoms. The number of hydrogen-bond acceptors (Lipinski definition) is 5. The summed E-state index contributed by atoms with van der Waals surface area (Å²) in [5, 5.41) is 12.9. The molecule has 98 valence electrons. The van der Waals surface area contributed by atoms with Crippen LogP contribution in [0.25, 0.3) is 0 Å². The first-order valence-corrected chi connectivity index (χ1v) is 6.72. The molecule has 19 heavy (non-hydrogen) atoms. The predicted octanol–water partition coefficient (Wildman–Crippen LogP) is 2.52. The lowest BCUT2D eigenvalue weighted by atomic mass is 10.2. The highest BCUT2D eigenvalue weighted by Gasteiger charge is 2.03. The van der Waals surface area contributed by atoms with Crippen molar-refractivity contribution in [2.75, 3.05) is 0 Å². The van der Waals surface area contributed by atoms with Crippen LogP contribution in [0.5, 0.6) is 0 Å². The zero-order chi connectivity index (χ0) is 13.7. The van der Waals surface area contributed by atoms with Gasteiger partial charge in [-0.15, -0.1) is 11.8 Å². The van der Waals surface area contributed by atoms with Crippen LogP contribution in [0, 0.1) is 0 Å². The van der Waals surface area contributed by atoms with Crippen molar-refractivity contribution in [2.45, 2.75) is 10.8 Å². The topological polar surface area (TPSA) is 84.4 Å². The van der Waals surface area contributed by atoms with Crippen molar-refractivity contribution < 1.29 is 5.21 Å². The minimum absolute atomic E-state index is 0.0539. The summed E-state index contributed by atoms with van der Waals surface area (Å²) in [5.41, 5.74) is 6.90. The standard InChI is InChI=1S/C12H11ClN4OS/c13-9-3-1-8(2-4-9)7-19-11-6-15-10(5-16-11)12(14)17-18/h1-6,18H,7H2,(H2,14,17). The molecule has 0 saturated carbocycles. The summed E-state index contributed by atoms with van der Waals surface area (Å²) in [6, 6.07) is 7.64. The molecule has 3 N–H and O–H groups in total. The highest BCUT2D eigenvalue weighted by molar-refractivity contribution is 7.98. The quantitative estimate of drug-likeness (QED) is 0.298. The van der Waals surface area contributed by atoms with Crippen molar-refractivity contribution in [2.24, 2.45) is 10.9 Å². The van der Waals surface area contributed by atoms with E-state index in [4.69, 9.17) is 22.5 Å². The molecular formula is C12H11ClN4OS. The van der Waals surface area contributed by atoms with Crippen LogP contribution in [0.1, 0.15) is 11.3 Å². The highest BCUT2D eigenvalue weighted by atomic mass is 35.5. The molecule has 1 aromatic carbocycles. The van der Waals surface area contributed by atoms with Gasteiger partial charge in [0.25, 0.3) is 0 Å². The van der Waals surface area contributed by atoms with Crippen LogP contribution in [-0.2, 0) is 5.75 Å². The molecule has 0 unspecified atom stereocenters. The number of halogens is 1.